The van der Waals surface area contributed by atoms with E-state index in [1.54, 1.807) is 0 Å². The van der Waals surface area contributed by atoms with Gasteiger partial charge in [-0.1, -0.05) is 26.7 Å². The highest BCUT2D eigenvalue weighted by Gasteiger charge is 2.11. The first-order valence-corrected chi connectivity index (χ1v) is 8.28. The highest BCUT2D eigenvalue weighted by Crippen LogP contribution is 2.13. The zero-order valence-corrected chi connectivity index (χ0v) is 14.5. The molecule has 0 aliphatic carbocycles. The second kappa shape index (κ2) is 10.2. The van der Waals surface area contributed by atoms with Crippen LogP contribution in [0.3, 0.4) is 0 Å². The lowest BCUT2D eigenvalue weighted by atomic mass is 10.0. The summed E-state index contributed by atoms with van der Waals surface area (Å²) in [5.41, 5.74) is 0. The fourth-order valence-electron chi connectivity index (χ4n) is 2.25. The van der Waals surface area contributed by atoms with Crippen molar-refractivity contribution in [3.8, 4) is 0 Å². The highest BCUT2D eigenvalue weighted by molar-refractivity contribution is 5.79. The average Bonchev–Trinajstić information content (AvgIpc) is 2.93. The summed E-state index contributed by atoms with van der Waals surface area (Å²) in [6, 6.07) is 0.279. The Labute approximate surface area is 137 Å². The zero-order chi connectivity index (χ0) is 17.2. The van der Waals surface area contributed by atoms with Gasteiger partial charge < -0.3 is 10.6 Å². The minimum absolute atomic E-state index is 0.116. The van der Waals surface area contributed by atoms with Crippen molar-refractivity contribution in [2.45, 2.75) is 66.1 Å². The number of rotatable bonds is 9. The van der Waals surface area contributed by atoms with Crippen LogP contribution in [0.4, 0.5) is 8.78 Å². The van der Waals surface area contributed by atoms with Crippen molar-refractivity contribution < 1.29 is 8.78 Å². The molecule has 0 saturated carbocycles. The van der Waals surface area contributed by atoms with Gasteiger partial charge in [0.2, 0.25) is 0 Å². The molecule has 0 radical (unpaired) electrons. The molecule has 5 nitrogen and oxygen atoms in total. The van der Waals surface area contributed by atoms with E-state index >= 15 is 0 Å². The number of aliphatic imine (C=N–C) groups is 1. The fraction of sp³-hybridized carbons (Fsp3) is 0.750. The van der Waals surface area contributed by atoms with Gasteiger partial charge in [0.25, 0.3) is 0 Å². The molecule has 0 aliphatic rings. The van der Waals surface area contributed by atoms with Crippen molar-refractivity contribution in [3.63, 3.8) is 0 Å². The predicted octanol–water partition coefficient (Wildman–Crippen LogP) is 3.55. The molecule has 1 aromatic heterocycles. The van der Waals surface area contributed by atoms with Crippen LogP contribution >= 0.6 is 0 Å². The number of hydrogen-bond donors (Lipinski definition) is 2. The summed E-state index contributed by atoms with van der Waals surface area (Å²) in [7, 11) is 0. The van der Waals surface area contributed by atoms with E-state index in [1.165, 1.54) is 18.8 Å². The van der Waals surface area contributed by atoms with Gasteiger partial charge in [-0.3, -0.25) is 4.57 Å². The van der Waals surface area contributed by atoms with E-state index in [4.69, 9.17) is 0 Å². The van der Waals surface area contributed by atoms with Crippen molar-refractivity contribution in [2.24, 2.45) is 10.9 Å². The third kappa shape index (κ3) is 7.43. The standard InChI is InChI=1S/C16H29F2N5/c1-5-19-16(22-13(4)8-6-7-12(2)3)21-11-14-20-9-10-23(14)15(17)18/h9-10,12-13,15H,5-8,11H2,1-4H3,(H2,19,21,22). The molecule has 1 heterocycles. The molecule has 2 N–H and O–H groups in total. The van der Waals surface area contributed by atoms with Gasteiger partial charge >= 0.3 is 6.55 Å². The lowest BCUT2D eigenvalue weighted by Crippen LogP contribution is -2.42. The molecule has 0 saturated heterocycles. The molecule has 0 fully saturated rings. The van der Waals surface area contributed by atoms with Crippen molar-refractivity contribution in [2.75, 3.05) is 6.54 Å². The summed E-state index contributed by atoms with van der Waals surface area (Å²) in [5.74, 6) is 1.59. The molecule has 1 unspecified atom stereocenters. The van der Waals surface area contributed by atoms with Crippen LogP contribution in [0.1, 0.15) is 59.3 Å². The molecule has 1 aromatic rings. The Morgan fingerprint density at radius 1 is 1.30 bits per heavy atom. The summed E-state index contributed by atoms with van der Waals surface area (Å²) in [5, 5.41) is 6.46. The molecule has 0 aromatic carbocycles. The first kappa shape index (κ1) is 19.4. The van der Waals surface area contributed by atoms with Gasteiger partial charge in [-0.05, 0) is 26.2 Å². The number of nitrogens with one attached hydrogen (secondary N) is 2. The third-order valence-electron chi connectivity index (χ3n) is 3.48. The van der Waals surface area contributed by atoms with E-state index in [0.717, 1.165) is 17.4 Å². The predicted molar refractivity (Wildman–Crippen MR) is 89.6 cm³/mol. The molecule has 1 rings (SSSR count). The van der Waals surface area contributed by atoms with E-state index in [1.807, 2.05) is 6.92 Å². The van der Waals surface area contributed by atoms with E-state index < -0.39 is 6.55 Å². The molecule has 23 heavy (non-hydrogen) atoms. The van der Waals surface area contributed by atoms with Crippen molar-refractivity contribution >= 4 is 5.96 Å². The molecule has 0 aliphatic heterocycles. The van der Waals surface area contributed by atoms with E-state index in [0.29, 0.717) is 18.4 Å². The Balaban J connectivity index is 2.57. The number of halogens is 2. The van der Waals surface area contributed by atoms with Gasteiger partial charge in [0.05, 0.1) is 0 Å². The van der Waals surface area contributed by atoms with Crippen LogP contribution in [0.2, 0.25) is 0 Å². The quantitative estimate of drug-likeness (QED) is 0.538. The van der Waals surface area contributed by atoms with Gasteiger partial charge in [-0.25, -0.2) is 9.98 Å². The smallest absolute Gasteiger partial charge is 0.319 e. The van der Waals surface area contributed by atoms with Crippen LogP contribution in [-0.2, 0) is 6.54 Å². The summed E-state index contributed by atoms with van der Waals surface area (Å²) in [6.45, 7) is 6.75. The lowest BCUT2D eigenvalue weighted by molar-refractivity contribution is 0.0671. The summed E-state index contributed by atoms with van der Waals surface area (Å²) < 4.78 is 26.4. The van der Waals surface area contributed by atoms with E-state index in [-0.39, 0.29) is 18.4 Å². The van der Waals surface area contributed by atoms with Gasteiger partial charge in [-0.2, -0.15) is 8.78 Å². The second-order valence-corrected chi connectivity index (χ2v) is 6.09. The number of alkyl halides is 2. The maximum atomic E-state index is 12.8. The number of imidazole rings is 1. The Morgan fingerprint density at radius 3 is 2.65 bits per heavy atom. The van der Waals surface area contributed by atoms with Gasteiger partial charge in [0.1, 0.15) is 12.4 Å². The van der Waals surface area contributed by atoms with Crippen LogP contribution in [0.15, 0.2) is 17.4 Å². The minimum Gasteiger partial charge on any atom is -0.357 e. The van der Waals surface area contributed by atoms with Crippen LogP contribution < -0.4 is 10.6 Å². The second-order valence-electron chi connectivity index (χ2n) is 6.09. The Kier molecular flexibility index (Phi) is 8.58. The number of nitrogens with zero attached hydrogens (tertiary/aromatic N) is 3. The average molecular weight is 329 g/mol. The number of guanidine groups is 1. The largest absolute Gasteiger partial charge is 0.357 e. The van der Waals surface area contributed by atoms with Crippen LogP contribution in [-0.4, -0.2) is 28.1 Å². The first-order chi connectivity index (χ1) is 10.9. The topological polar surface area (TPSA) is 54.2 Å². The molecule has 0 bridgehead atoms. The first-order valence-electron chi connectivity index (χ1n) is 8.28. The van der Waals surface area contributed by atoms with Crippen LogP contribution in [0.25, 0.3) is 0 Å². The van der Waals surface area contributed by atoms with Crippen molar-refractivity contribution in [1.82, 2.24) is 20.2 Å². The normalized spacial score (nSPS) is 13.7. The Morgan fingerprint density at radius 2 is 2.04 bits per heavy atom. The monoisotopic (exact) mass is 329 g/mol. The van der Waals surface area contributed by atoms with Crippen LogP contribution in [0, 0.1) is 5.92 Å². The SMILES string of the molecule is CCNC(=NCc1nccn1C(F)F)NC(C)CCCC(C)C. The lowest BCUT2D eigenvalue weighted by Gasteiger charge is -2.18. The summed E-state index contributed by atoms with van der Waals surface area (Å²) in [4.78, 5) is 8.30. The van der Waals surface area contributed by atoms with Gasteiger partial charge in [0, 0.05) is 25.0 Å². The number of hydrogen-bond acceptors (Lipinski definition) is 2. The molecular weight excluding hydrogens is 300 g/mol. The van der Waals surface area contributed by atoms with Gasteiger partial charge in [0.15, 0.2) is 5.96 Å². The summed E-state index contributed by atoms with van der Waals surface area (Å²) in [6.07, 6.45) is 6.04. The van der Waals surface area contributed by atoms with Gasteiger partial charge in [-0.15, -0.1) is 0 Å². The molecular formula is C16H29F2N5. The minimum atomic E-state index is -2.59. The molecule has 132 valence electrons. The van der Waals surface area contributed by atoms with E-state index in [9.17, 15) is 8.78 Å². The van der Waals surface area contributed by atoms with Crippen molar-refractivity contribution in [3.05, 3.63) is 18.2 Å². The maximum absolute atomic E-state index is 12.8. The maximum Gasteiger partial charge on any atom is 0.319 e. The number of aromatic nitrogens is 2. The molecule has 0 spiro atoms. The third-order valence-corrected chi connectivity index (χ3v) is 3.48. The molecule has 7 heteroatoms. The molecule has 0 amide bonds. The fourth-order valence-corrected chi connectivity index (χ4v) is 2.25. The van der Waals surface area contributed by atoms with Crippen LogP contribution in [0.5, 0.6) is 0 Å². The van der Waals surface area contributed by atoms with Crippen molar-refractivity contribution in [1.29, 1.82) is 0 Å². The Bertz CT molecular complexity index is 471. The van der Waals surface area contributed by atoms with E-state index in [2.05, 4.69) is 41.4 Å². The molecule has 1 atom stereocenters. The summed E-state index contributed by atoms with van der Waals surface area (Å²) >= 11 is 0. The Hall–Kier alpha value is -1.66. The zero-order valence-electron chi connectivity index (χ0n) is 14.5. The highest BCUT2D eigenvalue weighted by atomic mass is 19.3.